The van der Waals surface area contributed by atoms with E-state index in [0.717, 1.165) is 0 Å². The van der Waals surface area contributed by atoms with Crippen LogP contribution >= 0.6 is 0 Å². The van der Waals surface area contributed by atoms with Crippen LogP contribution in [0.5, 0.6) is 0 Å². The molecule has 5 nitrogen and oxygen atoms in total. The van der Waals surface area contributed by atoms with E-state index in [4.69, 9.17) is 0 Å². The summed E-state index contributed by atoms with van der Waals surface area (Å²) in [6, 6.07) is 5.02. The number of imide groups is 1. The second kappa shape index (κ2) is 5.60. The Labute approximate surface area is 109 Å². The van der Waals surface area contributed by atoms with E-state index in [0.29, 0.717) is 12.0 Å². The van der Waals surface area contributed by atoms with Crippen LogP contribution in [0.25, 0.3) is 0 Å². The zero-order chi connectivity index (χ0) is 13.8. The summed E-state index contributed by atoms with van der Waals surface area (Å²) in [5, 5.41) is 4.69. The van der Waals surface area contributed by atoms with Gasteiger partial charge in [-0.25, -0.2) is 4.39 Å². The Morgan fingerprint density at radius 3 is 2.89 bits per heavy atom. The van der Waals surface area contributed by atoms with Gasteiger partial charge in [0.2, 0.25) is 17.7 Å². The molecule has 1 atom stereocenters. The maximum Gasteiger partial charge on any atom is 0.249 e. The molecule has 3 amide bonds. The van der Waals surface area contributed by atoms with Crippen LogP contribution in [0.15, 0.2) is 24.3 Å². The number of hydrogen-bond donors (Lipinski definition) is 2. The van der Waals surface area contributed by atoms with Gasteiger partial charge in [0.25, 0.3) is 0 Å². The Kier molecular flexibility index (Phi) is 3.89. The van der Waals surface area contributed by atoms with E-state index in [1.165, 1.54) is 18.2 Å². The van der Waals surface area contributed by atoms with E-state index in [2.05, 4.69) is 10.6 Å². The lowest BCUT2D eigenvalue weighted by Gasteiger charge is -2.21. The number of nitrogens with one attached hydrogen (secondary N) is 2. The second-order valence-electron chi connectivity index (χ2n) is 4.38. The summed E-state index contributed by atoms with van der Waals surface area (Å²) in [4.78, 5) is 34.1. The highest BCUT2D eigenvalue weighted by Crippen LogP contribution is 2.07. The fourth-order valence-electron chi connectivity index (χ4n) is 1.91. The van der Waals surface area contributed by atoms with Crippen LogP contribution in [-0.2, 0) is 20.8 Å². The molecule has 1 aromatic carbocycles. The van der Waals surface area contributed by atoms with Crippen LogP contribution in [0.2, 0.25) is 0 Å². The van der Waals surface area contributed by atoms with Gasteiger partial charge in [0.15, 0.2) is 0 Å². The summed E-state index contributed by atoms with van der Waals surface area (Å²) in [6.45, 7) is 0. The summed E-state index contributed by atoms with van der Waals surface area (Å²) in [6.07, 6.45) is 0.492. The van der Waals surface area contributed by atoms with E-state index in [9.17, 15) is 18.8 Å². The van der Waals surface area contributed by atoms with Crippen molar-refractivity contribution in [2.45, 2.75) is 25.3 Å². The van der Waals surface area contributed by atoms with Gasteiger partial charge >= 0.3 is 0 Å². The molecule has 1 fully saturated rings. The summed E-state index contributed by atoms with van der Waals surface area (Å²) < 4.78 is 12.9. The van der Waals surface area contributed by atoms with E-state index in [1.807, 2.05) is 0 Å². The van der Waals surface area contributed by atoms with Crippen molar-refractivity contribution >= 4 is 17.7 Å². The number of carbonyl (C=O) groups is 3. The molecule has 1 heterocycles. The van der Waals surface area contributed by atoms with Crippen molar-refractivity contribution in [1.82, 2.24) is 10.6 Å². The predicted molar refractivity (Wildman–Crippen MR) is 64.4 cm³/mol. The van der Waals surface area contributed by atoms with Gasteiger partial charge in [0, 0.05) is 6.42 Å². The number of piperidine rings is 1. The van der Waals surface area contributed by atoms with Gasteiger partial charge in [-0.1, -0.05) is 12.1 Å². The number of amides is 3. The lowest BCUT2D eigenvalue weighted by Crippen LogP contribution is -2.52. The zero-order valence-electron chi connectivity index (χ0n) is 10.1. The van der Waals surface area contributed by atoms with E-state index < -0.39 is 17.8 Å². The first-order valence-corrected chi connectivity index (χ1v) is 5.92. The van der Waals surface area contributed by atoms with Crippen LogP contribution in [0.4, 0.5) is 4.39 Å². The Morgan fingerprint density at radius 2 is 2.21 bits per heavy atom. The minimum absolute atomic E-state index is 0.00448. The van der Waals surface area contributed by atoms with Gasteiger partial charge in [-0.2, -0.15) is 0 Å². The average Bonchev–Trinajstić information content (AvgIpc) is 2.33. The molecule has 1 aromatic rings. The third kappa shape index (κ3) is 3.61. The Hall–Kier alpha value is -2.24. The first kappa shape index (κ1) is 13.2. The van der Waals surface area contributed by atoms with Crippen molar-refractivity contribution in [3.05, 3.63) is 35.6 Å². The average molecular weight is 264 g/mol. The molecule has 1 aliphatic rings. The third-order valence-corrected chi connectivity index (χ3v) is 2.83. The first-order valence-electron chi connectivity index (χ1n) is 5.92. The minimum Gasteiger partial charge on any atom is -0.344 e. The third-order valence-electron chi connectivity index (χ3n) is 2.83. The van der Waals surface area contributed by atoms with Crippen molar-refractivity contribution in [2.75, 3.05) is 0 Å². The van der Waals surface area contributed by atoms with Gasteiger partial charge in [-0.15, -0.1) is 0 Å². The van der Waals surface area contributed by atoms with Gasteiger partial charge in [-0.05, 0) is 24.1 Å². The molecule has 2 rings (SSSR count). The largest absolute Gasteiger partial charge is 0.344 e. The molecular formula is C13H13FN2O3. The van der Waals surface area contributed by atoms with Crippen LogP contribution in [-0.4, -0.2) is 23.8 Å². The Morgan fingerprint density at radius 1 is 1.42 bits per heavy atom. The van der Waals surface area contributed by atoms with Crippen LogP contribution in [0, 0.1) is 5.82 Å². The monoisotopic (exact) mass is 264 g/mol. The van der Waals surface area contributed by atoms with Crippen molar-refractivity contribution in [3.63, 3.8) is 0 Å². The van der Waals surface area contributed by atoms with Crippen LogP contribution < -0.4 is 10.6 Å². The van der Waals surface area contributed by atoms with E-state index in [1.54, 1.807) is 6.07 Å². The first-order chi connectivity index (χ1) is 9.04. The highest BCUT2D eigenvalue weighted by atomic mass is 19.1. The molecule has 2 N–H and O–H groups in total. The molecule has 19 heavy (non-hydrogen) atoms. The standard InChI is InChI=1S/C13H13FN2O3/c14-9-3-1-2-8(6-9)7-12(18)15-10-4-5-11(17)16-13(10)19/h1-3,6,10H,4-5,7H2,(H,15,18)(H,16,17,19). The molecule has 6 heteroatoms. The van der Waals surface area contributed by atoms with Crippen LogP contribution in [0.1, 0.15) is 18.4 Å². The summed E-state index contributed by atoms with van der Waals surface area (Å²) >= 11 is 0. The van der Waals surface area contributed by atoms with E-state index in [-0.39, 0.29) is 24.7 Å². The van der Waals surface area contributed by atoms with Crippen molar-refractivity contribution in [1.29, 1.82) is 0 Å². The molecule has 1 unspecified atom stereocenters. The van der Waals surface area contributed by atoms with Crippen molar-refractivity contribution in [2.24, 2.45) is 0 Å². The maximum atomic E-state index is 12.9. The Balaban J connectivity index is 1.91. The molecule has 0 saturated carbocycles. The molecule has 0 spiro atoms. The van der Waals surface area contributed by atoms with Crippen molar-refractivity contribution in [3.8, 4) is 0 Å². The van der Waals surface area contributed by atoms with Crippen LogP contribution in [0.3, 0.4) is 0 Å². The highest BCUT2D eigenvalue weighted by molar-refractivity contribution is 6.01. The van der Waals surface area contributed by atoms with Gasteiger partial charge < -0.3 is 5.32 Å². The molecule has 100 valence electrons. The molecule has 1 saturated heterocycles. The van der Waals surface area contributed by atoms with Gasteiger partial charge in [0.1, 0.15) is 11.9 Å². The summed E-state index contributed by atoms with van der Waals surface area (Å²) in [5.74, 6) is -1.61. The quantitative estimate of drug-likeness (QED) is 0.770. The molecule has 0 aliphatic carbocycles. The number of benzene rings is 1. The zero-order valence-corrected chi connectivity index (χ0v) is 10.1. The van der Waals surface area contributed by atoms with E-state index >= 15 is 0 Å². The topological polar surface area (TPSA) is 75.3 Å². The smallest absolute Gasteiger partial charge is 0.249 e. The predicted octanol–water partition coefficient (Wildman–Crippen LogP) is 0.290. The number of halogens is 1. The number of carbonyl (C=O) groups excluding carboxylic acids is 3. The summed E-state index contributed by atoms with van der Waals surface area (Å²) in [5.41, 5.74) is 0.532. The second-order valence-corrected chi connectivity index (χ2v) is 4.38. The fraction of sp³-hybridized carbons (Fsp3) is 0.308. The maximum absolute atomic E-state index is 12.9. The van der Waals surface area contributed by atoms with Gasteiger partial charge in [0.05, 0.1) is 6.42 Å². The molecule has 0 bridgehead atoms. The number of hydrogen-bond acceptors (Lipinski definition) is 3. The van der Waals surface area contributed by atoms with Crippen molar-refractivity contribution < 1.29 is 18.8 Å². The molecule has 1 aliphatic heterocycles. The minimum atomic E-state index is -0.696. The lowest BCUT2D eigenvalue weighted by molar-refractivity contribution is -0.137. The normalized spacial score (nSPS) is 18.9. The number of rotatable bonds is 3. The lowest BCUT2D eigenvalue weighted by atomic mass is 10.1. The summed E-state index contributed by atoms with van der Waals surface area (Å²) in [7, 11) is 0. The molecule has 0 aromatic heterocycles. The molecule has 0 radical (unpaired) electrons. The fourth-order valence-corrected chi connectivity index (χ4v) is 1.91. The SMILES string of the molecule is O=C1CCC(NC(=O)Cc2cccc(F)c2)C(=O)N1. The van der Waals surface area contributed by atoms with Gasteiger partial charge in [-0.3, -0.25) is 19.7 Å². The Bertz CT molecular complexity index is 530. The highest BCUT2D eigenvalue weighted by Gasteiger charge is 2.27. The molecular weight excluding hydrogens is 251 g/mol.